The fourth-order valence-electron chi connectivity index (χ4n) is 3.24. The largest absolute Gasteiger partial charge is 0.310 e. The van der Waals surface area contributed by atoms with Crippen LogP contribution in [-0.4, -0.2) is 29.0 Å². The van der Waals surface area contributed by atoms with Gasteiger partial charge in [-0.2, -0.15) is 5.10 Å². The van der Waals surface area contributed by atoms with E-state index in [1.54, 1.807) is 0 Å². The van der Waals surface area contributed by atoms with Crippen LogP contribution in [0.3, 0.4) is 0 Å². The Kier molecular flexibility index (Phi) is 4.82. The number of aromatic nitrogens is 2. The number of nitro benzene ring substituents is 1. The zero-order chi connectivity index (χ0) is 21.5. The first-order valence-electron chi connectivity index (χ1n) is 8.82. The summed E-state index contributed by atoms with van der Waals surface area (Å²) in [6.45, 7) is 0. The molecule has 1 aromatic heterocycles. The number of fused-ring (bicyclic) bond motifs is 1. The first kappa shape index (κ1) is 19.7. The molecule has 0 saturated carbocycles. The highest BCUT2D eigenvalue weighted by atomic mass is 32.2. The Bertz CT molecular complexity index is 1250. The Hall–Kier alpha value is -3.60. The summed E-state index contributed by atoms with van der Waals surface area (Å²) in [5.74, 6) is -1.16. The van der Waals surface area contributed by atoms with E-state index in [1.807, 2.05) is 0 Å². The van der Waals surface area contributed by atoms with Gasteiger partial charge in [-0.3, -0.25) is 14.9 Å². The van der Waals surface area contributed by atoms with Crippen LogP contribution in [0.25, 0.3) is 5.69 Å². The van der Waals surface area contributed by atoms with E-state index in [0.29, 0.717) is 22.5 Å². The molecule has 1 N–H and O–H groups in total. The highest BCUT2D eigenvalue weighted by molar-refractivity contribution is 7.90. The number of halogens is 1. The molecule has 4 rings (SSSR count). The number of sulfone groups is 1. The second-order valence-electron chi connectivity index (χ2n) is 6.84. The van der Waals surface area contributed by atoms with Gasteiger partial charge in [0, 0.05) is 17.7 Å². The van der Waals surface area contributed by atoms with Crippen LogP contribution in [0.15, 0.2) is 48.5 Å². The Balaban J connectivity index is 1.67. The van der Waals surface area contributed by atoms with Crippen molar-refractivity contribution in [3.05, 3.63) is 81.3 Å². The Morgan fingerprint density at radius 3 is 2.43 bits per heavy atom. The van der Waals surface area contributed by atoms with Crippen LogP contribution in [0, 0.1) is 15.9 Å². The summed E-state index contributed by atoms with van der Waals surface area (Å²) in [5, 5.41) is 17.9. The van der Waals surface area contributed by atoms with Gasteiger partial charge in [0.05, 0.1) is 34.2 Å². The number of carbonyl (C=O) groups excluding carboxylic acids is 1. The van der Waals surface area contributed by atoms with Crippen LogP contribution in [0.2, 0.25) is 0 Å². The molecule has 2 aromatic carbocycles. The van der Waals surface area contributed by atoms with Crippen molar-refractivity contribution in [2.75, 3.05) is 5.32 Å². The minimum Gasteiger partial charge on any atom is -0.310 e. The van der Waals surface area contributed by atoms with E-state index in [2.05, 4.69) is 10.4 Å². The lowest BCUT2D eigenvalue weighted by Gasteiger charge is -2.11. The number of carbonyl (C=O) groups is 1. The average Bonchev–Trinajstić information content (AvgIpc) is 3.16. The molecule has 9 nitrogen and oxygen atoms in total. The van der Waals surface area contributed by atoms with E-state index >= 15 is 0 Å². The van der Waals surface area contributed by atoms with Crippen molar-refractivity contribution in [1.82, 2.24) is 9.78 Å². The molecular weight excluding hydrogens is 415 g/mol. The van der Waals surface area contributed by atoms with Crippen LogP contribution in [-0.2, 0) is 32.6 Å². The molecule has 0 unspecified atom stereocenters. The van der Waals surface area contributed by atoms with E-state index in [-0.39, 0.29) is 29.4 Å². The molecule has 30 heavy (non-hydrogen) atoms. The lowest BCUT2D eigenvalue weighted by Crippen LogP contribution is -2.18. The molecule has 0 saturated heterocycles. The number of rotatable bonds is 5. The molecule has 3 aromatic rings. The lowest BCUT2D eigenvalue weighted by molar-refractivity contribution is -0.384. The van der Waals surface area contributed by atoms with E-state index in [9.17, 15) is 27.7 Å². The molecule has 11 heteroatoms. The zero-order valence-electron chi connectivity index (χ0n) is 15.4. The molecule has 2 heterocycles. The normalized spacial score (nSPS) is 14.3. The molecule has 0 atom stereocenters. The van der Waals surface area contributed by atoms with Crippen molar-refractivity contribution >= 4 is 27.2 Å². The topological polar surface area (TPSA) is 124 Å². The van der Waals surface area contributed by atoms with Gasteiger partial charge in [-0.25, -0.2) is 17.5 Å². The average molecular weight is 430 g/mol. The van der Waals surface area contributed by atoms with Crippen LogP contribution in [0.4, 0.5) is 15.9 Å². The van der Waals surface area contributed by atoms with Crippen molar-refractivity contribution in [2.24, 2.45) is 0 Å². The van der Waals surface area contributed by atoms with Gasteiger partial charge < -0.3 is 5.32 Å². The van der Waals surface area contributed by atoms with E-state index in [0.717, 1.165) is 0 Å². The third kappa shape index (κ3) is 3.92. The quantitative estimate of drug-likeness (QED) is 0.490. The van der Waals surface area contributed by atoms with Crippen LogP contribution in [0.1, 0.15) is 16.8 Å². The fraction of sp³-hybridized carbons (Fsp3) is 0.158. The van der Waals surface area contributed by atoms with E-state index in [1.165, 1.54) is 53.2 Å². The summed E-state index contributed by atoms with van der Waals surface area (Å²) in [6.07, 6.45) is -0.0484. The number of benzene rings is 2. The van der Waals surface area contributed by atoms with Crippen molar-refractivity contribution in [1.29, 1.82) is 0 Å². The predicted molar refractivity (Wildman–Crippen MR) is 105 cm³/mol. The van der Waals surface area contributed by atoms with Crippen LogP contribution < -0.4 is 5.32 Å². The molecule has 0 radical (unpaired) electrons. The van der Waals surface area contributed by atoms with E-state index < -0.39 is 26.5 Å². The Morgan fingerprint density at radius 1 is 1.13 bits per heavy atom. The predicted octanol–water partition coefficient (Wildman–Crippen LogP) is 2.53. The molecule has 0 aliphatic carbocycles. The SMILES string of the molecule is O=C(Cc1ccc(F)cc1)Nc1c2c(nn1-c1ccc([N+](=O)[O-])cc1)CS(=O)(=O)C2. The third-order valence-corrected chi connectivity index (χ3v) is 6.07. The number of nitro groups is 1. The summed E-state index contributed by atoms with van der Waals surface area (Å²) < 4.78 is 38.4. The van der Waals surface area contributed by atoms with Crippen LogP contribution in [0.5, 0.6) is 0 Å². The van der Waals surface area contributed by atoms with Gasteiger partial charge in [-0.15, -0.1) is 0 Å². The molecule has 0 bridgehead atoms. The molecule has 1 aliphatic heterocycles. The first-order valence-corrected chi connectivity index (χ1v) is 10.6. The number of non-ortho nitro benzene ring substituents is 1. The molecule has 0 fully saturated rings. The first-order chi connectivity index (χ1) is 14.2. The van der Waals surface area contributed by atoms with Gasteiger partial charge in [0.25, 0.3) is 5.69 Å². The molecule has 154 valence electrons. The standard InChI is InChI=1S/C19H15FN4O5S/c20-13-3-1-12(2-4-13)9-18(25)21-19-16-10-30(28,29)11-17(16)22-23(19)14-5-7-15(8-6-14)24(26)27/h1-8H,9-11H2,(H,21,25). The van der Waals surface area contributed by atoms with Gasteiger partial charge in [-0.05, 0) is 29.8 Å². The Morgan fingerprint density at radius 2 is 1.80 bits per heavy atom. The fourth-order valence-corrected chi connectivity index (χ4v) is 4.73. The molecule has 1 aliphatic rings. The smallest absolute Gasteiger partial charge is 0.269 e. The number of anilines is 1. The summed E-state index contributed by atoms with van der Waals surface area (Å²) in [4.78, 5) is 22.9. The lowest BCUT2D eigenvalue weighted by atomic mass is 10.1. The Labute approximate surface area is 170 Å². The van der Waals surface area contributed by atoms with Crippen molar-refractivity contribution in [3.8, 4) is 5.69 Å². The number of hydrogen-bond acceptors (Lipinski definition) is 6. The van der Waals surface area contributed by atoms with Crippen molar-refractivity contribution < 1.29 is 22.5 Å². The summed E-state index contributed by atoms with van der Waals surface area (Å²) >= 11 is 0. The molecule has 1 amide bonds. The summed E-state index contributed by atoms with van der Waals surface area (Å²) in [7, 11) is -3.36. The molecule has 0 spiro atoms. The second kappa shape index (κ2) is 7.34. The maximum atomic E-state index is 13.1. The van der Waals surface area contributed by atoms with Gasteiger partial charge in [0.1, 0.15) is 11.6 Å². The number of hydrogen-bond donors (Lipinski definition) is 1. The highest BCUT2D eigenvalue weighted by Gasteiger charge is 2.33. The van der Waals surface area contributed by atoms with Gasteiger partial charge >= 0.3 is 0 Å². The van der Waals surface area contributed by atoms with Gasteiger partial charge in [0.2, 0.25) is 5.91 Å². The highest BCUT2D eigenvalue weighted by Crippen LogP contribution is 2.33. The number of nitrogens with zero attached hydrogens (tertiary/aromatic N) is 3. The maximum Gasteiger partial charge on any atom is 0.269 e. The summed E-state index contributed by atoms with van der Waals surface area (Å²) in [5.41, 5.74) is 1.62. The van der Waals surface area contributed by atoms with Crippen molar-refractivity contribution in [3.63, 3.8) is 0 Å². The van der Waals surface area contributed by atoms with Gasteiger partial charge in [0.15, 0.2) is 9.84 Å². The maximum absolute atomic E-state index is 13.1. The number of nitrogens with one attached hydrogen (secondary N) is 1. The summed E-state index contributed by atoms with van der Waals surface area (Å²) in [6, 6.07) is 11.0. The third-order valence-electron chi connectivity index (χ3n) is 4.63. The van der Waals surface area contributed by atoms with E-state index in [4.69, 9.17) is 0 Å². The van der Waals surface area contributed by atoms with Crippen molar-refractivity contribution in [2.45, 2.75) is 17.9 Å². The van der Waals surface area contributed by atoms with Crippen LogP contribution >= 0.6 is 0 Å². The monoisotopic (exact) mass is 430 g/mol. The minimum atomic E-state index is -3.36. The number of amides is 1. The van der Waals surface area contributed by atoms with Gasteiger partial charge in [-0.1, -0.05) is 12.1 Å². The molecular formula is C19H15FN4O5S. The second-order valence-corrected chi connectivity index (χ2v) is 8.91. The zero-order valence-corrected chi connectivity index (χ0v) is 16.2. The minimum absolute atomic E-state index is 0.0484.